The van der Waals surface area contributed by atoms with Gasteiger partial charge in [-0.05, 0) is 103 Å². The van der Waals surface area contributed by atoms with Gasteiger partial charge in [-0.2, -0.15) is 15.0 Å². The Morgan fingerprint density at radius 2 is 1.34 bits per heavy atom. The summed E-state index contributed by atoms with van der Waals surface area (Å²) in [5, 5.41) is 7.03. The van der Waals surface area contributed by atoms with E-state index in [1.807, 2.05) is 43.0 Å². The molecule has 3 aliphatic rings. The Morgan fingerprint density at radius 1 is 0.766 bits per heavy atom. The van der Waals surface area contributed by atoms with Crippen LogP contribution in [-0.2, 0) is 11.1 Å². The maximum atomic E-state index is 4.99. The number of rotatable bonds is 8. The molecule has 3 aliphatic heterocycles. The molecule has 0 spiro atoms. The molecular formula is C36H43N11. The van der Waals surface area contributed by atoms with Crippen molar-refractivity contribution in [3.8, 4) is 0 Å². The zero-order valence-corrected chi connectivity index (χ0v) is 28.1. The van der Waals surface area contributed by atoms with Crippen molar-refractivity contribution in [2.75, 3.05) is 50.3 Å². The Hall–Kier alpha value is -4.74. The molecule has 0 aliphatic carbocycles. The van der Waals surface area contributed by atoms with E-state index in [2.05, 4.69) is 113 Å². The minimum atomic E-state index is -0.171. The van der Waals surface area contributed by atoms with Crippen molar-refractivity contribution in [2.45, 2.75) is 56.7 Å². The predicted octanol–water partition coefficient (Wildman–Crippen LogP) is 6.86. The number of anilines is 5. The summed E-state index contributed by atoms with van der Waals surface area (Å²) in [6.07, 6.45) is 11.5. The van der Waals surface area contributed by atoms with Crippen LogP contribution in [0.1, 0.15) is 62.3 Å². The summed E-state index contributed by atoms with van der Waals surface area (Å²) < 4.78 is 0. The first-order chi connectivity index (χ1) is 22.6. The maximum Gasteiger partial charge on any atom is 0.233 e. The van der Waals surface area contributed by atoms with Crippen LogP contribution in [0.2, 0.25) is 0 Å². The molecule has 0 radical (unpaired) electrons. The van der Waals surface area contributed by atoms with E-state index in [0.717, 1.165) is 60.5 Å². The third kappa shape index (κ3) is 5.74. The second kappa shape index (κ2) is 12.1. The first kappa shape index (κ1) is 30.9. The Morgan fingerprint density at radius 3 is 1.85 bits per heavy atom. The monoisotopic (exact) mass is 629 g/mol. The van der Waals surface area contributed by atoms with Crippen molar-refractivity contribution in [2.24, 2.45) is 9.98 Å². The number of aromatic nitrogens is 4. The average molecular weight is 630 g/mol. The van der Waals surface area contributed by atoms with Gasteiger partial charge in [0.1, 0.15) is 0 Å². The minimum absolute atomic E-state index is 0.136. The van der Waals surface area contributed by atoms with Gasteiger partial charge in [0.15, 0.2) is 0 Å². The molecular weight excluding hydrogens is 586 g/mol. The summed E-state index contributed by atoms with van der Waals surface area (Å²) in [4.78, 5) is 35.4. The van der Waals surface area contributed by atoms with Crippen LogP contribution in [0.4, 0.5) is 40.6 Å². The van der Waals surface area contributed by atoms with E-state index in [0.29, 0.717) is 17.8 Å². The Bertz CT molecular complexity index is 1730. The fourth-order valence-corrected chi connectivity index (χ4v) is 6.81. The van der Waals surface area contributed by atoms with Crippen molar-refractivity contribution in [3.05, 3.63) is 77.6 Å². The quantitative estimate of drug-likeness (QED) is 0.216. The number of nitrogens with one attached hydrogen (secondary N) is 2. The Kier molecular flexibility index (Phi) is 7.97. The topological polar surface area (TPSA) is 110 Å². The zero-order valence-electron chi connectivity index (χ0n) is 28.1. The molecule has 3 atom stereocenters. The first-order valence-corrected chi connectivity index (χ1v) is 16.3. The Labute approximate surface area is 276 Å². The van der Waals surface area contributed by atoms with Crippen LogP contribution in [0.5, 0.6) is 0 Å². The number of fused-ring (bicyclic) bond motifs is 2. The lowest BCUT2D eigenvalue weighted by atomic mass is 9.84. The number of benzene rings is 2. The summed E-state index contributed by atoms with van der Waals surface area (Å²) in [6.45, 7) is 5.35. The zero-order chi connectivity index (χ0) is 32.8. The van der Waals surface area contributed by atoms with E-state index in [1.165, 1.54) is 11.1 Å². The van der Waals surface area contributed by atoms with Crippen LogP contribution in [0.25, 0.3) is 0 Å². The fraction of sp³-hybridized carbons (Fsp3) is 0.389. The minimum Gasteiger partial charge on any atom is -0.334 e. The molecule has 5 heterocycles. The molecule has 4 aromatic rings. The highest BCUT2D eigenvalue weighted by atomic mass is 15.3. The molecule has 1 saturated heterocycles. The molecule has 0 amide bonds. The van der Waals surface area contributed by atoms with Gasteiger partial charge < -0.3 is 15.5 Å². The summed E-state index contributed by atoms with van der Waals surface area (Å²) in [5.74, 6) is 1.57. The summed E-state index contributed by atoms with van der Waals surface area (Å²) in [7, 11) is 8.45. The third-order valence-corrected chi connectivity index (χ3v) is 10.3. The van der Waals surface area contributed by atoms with Crippen molar-refractivity contribution in [3.63, 3.8) is 0 Å². The van der Waals surface area contributed by atoms with E-state index in [4.69, 9.17) is 15.0 Å². The molecule has 2 N–H and O–H groups in total. The van der Waals surface area contributed by atoms with Crippen LogP contribution in [0.3, 0.4) is 0 Å². The number of hydrogen-bond acceptors (Lipinski definition) is 11. The Balaban J connectivity index is 1.27. The molecule has 11 nitrogen and oxygen atoms in total. The van der Waals surface area contributed by atoms with E-state index < -0.39 is 0 Å². The lowest BCUT2D eigenvalue weighted by Crippen LogP contribution is -2.40. The predicted molar refractivity (Wildman–Crippen MR) is 190 cm³/mol. The molecule has 1 fully saturated rings. The molecule has 0 bridgehead atoms. The molecule has 2 aromatic heterocycles. The maximum absolute atomic E-state index is 4.99. The van der Waals surface area contributed by atoms with E-state index in [9.17, 15) is 0 Å². The second-order valence-electron chi connectivity index (χ2n) is 13.5. The van der Waals surface area contributed by atoms with Gasteiger partial charge >= 0.3 is 0 Å². The summed E-state index contributed by atoms with van der Waals surface area (Å²) >= 11 is 0. The van der Waals surface area contributed by atoms with Gasteiger partial charge in [0.2, 0.25) is 17.8 Å². The number of nitrogens with zero attached hydrogens (tertiary/aromatic N) is 9. The van der Waals surface area contributed by atoms with Crippen LogP contribution in [-0.4, -0.2) is 76.9 Å². The number of aliphatic imine (C=N–C) groups is 2. The van der Waals surface area contributed by atoms with Gasteiger partial charge in [-0.3, -0.25) is 24.8 Å². The first-order valence-electron chi connectivity index (χ1n) is 16.3. The third-order valence-electron chi connectivity index (χ3n) is 10.3. The van der Waals surface area contributed by atoms with Crippen molar-refractivity contribution in [1.29, 1.82) is 0 Å². The van der Waals surface area contributed by atoms with E-state index in [1.54, 1.807) is 0 Å². The normalized spacial score (nSPS) is 23.2. The van der Waals surface area contributed by atoms with Gasteiger partial charge in [0, 0.05) is 77.8 Å². The highest BCUT2D eigenvalue weighted by Gasteiger charge is 2.35. The van der Waals surface area contributed by atoms with Crippen LogP contribution in [0, 0.1) is 0 Å². The summed E-state index contributed by atoms with van der Waals surface area (Å²) in [5.41, 5.74) is 6.91. The molecule has 0 saturated carbocycles. The van der Waals surface area contributed by atoms with Crippen molar-refractivity contribution >= 4 is 53.0 Å². The van der Waals surface area contributed by atoms with E-state index >= 15 is 0 Å². The smallest absolute Gasteiger partial charge is 0.233 e. The number of hydrogen-bond donors (Lipinski definition) is 2. The van der Waals surface area contributed by atoms with Gasteiger partial charge in [-0.1, -0.05) is 6.07 Å². The molecule has 47 heavy (non-hydrogen) atoms. The van der Waals surface area contributed by atoms with Crippen LogP contribution >= 0.6 is 0 Å². The molecule has 11 heteroatoms. The largest absolute Gasteiger partial charge is 0.334 e. The van der Waals surface area contributed by atoms with Crippen LogP contribution < -0.4 is 15.5 Å². The molecule has 242 valence electrons. The fourth-order valence-electron chi connectivity index (χ4n) is 6.81. The lowest BCUT2D eigenvalue weighted by molar-refractivity contribution is 0.183. The standard InChI is InChI=1S/C36H43N11/c1-35(45(3)4)15-18-38-29-13-11-25(21-27(29)35)40-32-42-33(41-26-12-14-30-28(22-26)36(2,46(5)6)16-19-39-30)44-34(43-32)47-20-8-10-31(47)24-9-7-17-37-23-24/h7,9,11-14,17-19,21-23,31H,8,10,15-16,20H2,1-6H3,(H2,40,41,42,43,44). The van der Waals surface area contributed by atoms with E-state index in [-0.39, 0.29) is 17.1 Å². The highest BCUT2D eigenvalue weighted by molar-refractivity contribution is 5.76. The van der Waals surface area contributed by atoms with Gasteiger partial charge in [-0.15, -0.1) is 0 Å². The van der Waals surface area contributed by atoms with Crippen molar-refractivity contribution in [1.82, 2.24) is 29.7 Å². The van der Waals surface area contributed by atoms with Gasteiger partial charge in [-0.25, -0.2) is 0 Å². The molecule has 2 aromatic carbocycles. The lowest BCUT2D eigenvalue weighted by Gasteiger charge is -2.39. The van der Waals surface area contributed by atoms with Gasteiger partial charge in [0.05, 0.1) is 17.4 Å². The molecule has 7 rings (SSSR count). The van der Waals surface area contributed by atoms with Crippen molar-refractivity contribution < 1.29 is 0 Å². The summed E-state index contributed by atoms with van der Waals surface area (Å²) in [6, 6.07) is 16.8. The van der Waals surface area contributed by atoms with Crippen LogP contribution in [0.15, 0.2) is 70.9 Å². The second-order valence-corrected chi connectivity index (χ2v) is 13.5. The average Bonchev–Trinajstić information content (AvgIpc) is 3.56. The SMILES string of the molecule is CN(C)C1(C)CC=Nc2ccc(Nc3nc(Nc4ccc5c(c4)C(C)(N(C)C)CC=N5)nc(N4CCCC4c4cccnc4)n3)cc21. The number of pyridine rings is 1. The molecule has 3 unspecified atom stereocenters. The highest BCUT2D eigenvalue weighted by Crippen LogP contribution is 2.42. The van der Waals surface area contributed by atoms with Gasteiger partial charge in [0.25, 0.3) is 0 Å².